The second kappa shape index (κ2) is 4.98. The van der Waals surface area contributed by atoms with Crippen LogP contribution in [0.2, 0.25) is 0 Å². The van der Waals surface area contributed by atoms with Crippen LogP contribution in [0.5, 0.6) is 0 Å². The predicted molar refractivity (Wildman–Crippen MR) is 65.1 cm³/mol. The molecule has 0 aromatic heterocycles. The van der Waals surface area contributed by atoms with E-state index in [4.69, 9.17) is 23.2 Å². The van der Waals surface area contributed by atoms with E-state index >= 15 is 0 Å². The number of ketones is 2. The zero-order valence-electron chi connectivity index (χ0n) is 9.04. The first-order valence-electron chi connectivity index (χ1n) is 4.79. The van der Waals surface area contributed by atoms with E-state index in [9.17, 15) is 9.59 Å². The molecule has 0 aliphatic rings. The molecule has 0 unspecified atom stereocenters. The van der Waals surface area contributed by atoms with Gasteiger partial charge in [-0.2, -0.15) is 0 Å². The summed E-state index contributed by atoms with van der Waals surface area (Å²) in [5, 5.41) is 0. The number of alkyl halides is 2. The van der Waals surface area contributed by atoms with Gasteiger partial charge in [-0.1, -0.05) is 53.5 Å². The Balaban J connectivity index is 3.02. The molecule has 0 N–H and O–H groups in total. The topological polar surface area (TPSA) is 34.1 Å². The van der Waals surface area contributed by atoms with Crippen molar-refractivity contribution in [3.8, 4) is 0 Å². The van der Waals surface area contributed by atoms with Crippen LogP contribution in [-0.4, -0.2) is 16.4 Å². The molecule has 0 fully saturated rings. The highest BCUT2D eigenvalue weighted by Crippen LogP contribution is 2.27. The summed E-state index contributed by atoms with van der Waals surface area (Å²) in [5.41, 5.74) is -0.718. The number of hydrogen-bond acceptors (Lipinski definition) is 2. The average Bonchev–Trinajstić information content (AvgIpc) is 2.28. The number of hydrogen-bond donors (Lipinski definition) is 0. The molecule has 0 heterocycles. The van der Waals surface area contributed by atoms with E-state index in [1.807, 2.05) is 0 Å². The number of halogens is 2. The number of Topliss-reactive ketones (excluding diaryl/α,β-unsaturated/α-hetero) is 2. The molecule has 0 atom stereocenters. The van der Waals surface area contributed by atoms with Crippen LogP contribution < -0.4 is 0 Å². The van der Waals surface area contributed by atoms with E-state index < -0.39 is 16.0 Å². The maximum atomic E-state index is 12.1. The minimum atomic E-state index is -1.20. The molecule has 0 saturated carbocycles. The first kappa shape index (κ1) is 13.2. The monoisotopic (exact) mass is 258 g/mol. The molecule has 0 radical (unpaired) electrons. The summed E-state index contributed by atoms with van der Waals surface area (Å²) in [6.45, 7) is 3.06. The van der Waals surface area contributed by atoms with E-state index in [0.29, 0.717) is 5.56 Å². The predicted octanol–water partition coefficient (Wildman–Crippen LogP) is 3.27. The summed E-state index contributed by atoms with van der Waals surface area (Å²) < 4.78 is 0. The molecular formula is C12H12Cl2O2. The average molecular weight is 259 g/mol. The number of benzene rings is 1. The SMILES string of the molecule is CC(C)(C(=O)c1ccccc1)C(=O)C(Cl)Cl. The third-order valence-electron chi connectivity index (χ3n) is 2.42. The van der Waals surface area contributed by atoms with Crippen LogP contribution >= 0.6 is 23.2 Å². The summed E-state index contributed by atoms with van der Waals surface area (Å²) in [6, 6.07) is 8.61. The van der Waals surface area contributed by atoms with Crippen molar-refractivity contribution in [3.63, 3.8) is 0 Å². The van der Waals surface area contributed by atoms with E-state index in [0.717, 1.165) is 0 Å². The number of carbonyl (C=O) groups is 2. The van der Waals surface area contributed by atoms with Gasteiger partial charge >= 0.3 is 0 Å². The van der Waals surface area contributed by atoms with E-state index in [1.54, 1.807) is 30.3 Å². The Morgan fingerprint density at radius 1 is 1.12 bits per heavy atom. The zero-order valence-corrected chi connectivity index (χ0v) is 10.5. The Bertz CT molecular complexity index is 397. The smallest absolute Gasteiger partial charge is 0.178 e. The van der Waals surface area contributed by atoms with Gasteiger partial charge in [0.25, 0.3) is 0 Å². The third kappa shape index (κ3) is 2.63. The van der Waals surface area contributed by atoms with Gasteiger partial charge < -0.3 is 0 Å². The number of rotatable bonds is 4. The lowest BCUT2D eigenvalue weighted by molar-refractivity contribution is -0.123. The Kier molecular flexibility index (Phi) is 4.11. The fourth-order valence-electron chi connectivity index (χ4n) is 1.34. The first-order valence-corrected chi connectivity index (χ1v) is 5.67. The van der Waals surface area contributed by atoms with Gasteiger partial charge in [-0.15, -0.1) is 0 Å². The van der Waals surface area contributed by atoms with Crippen molar-refractivity contribution in [3.05, 3.63) is 35.9 Å². The fourth-order valence-corrected chi connectivity index (χ4v) is 1.88. The Morgan fingerprint density at radius 2 is 1.62 bits per heavy atom. The lowest BCUT2D eigenvalue weighted by Gasteiger charge is -2.21. The molecule has 0 bridgehead atoms. The molecule has 0 amide bonds. The van der Waals surface area contributed by atoms with Crippen molar-refractivity contribution in [1.82, 2.24) is 0 Å². The summed E-state index contributed by atoms with van der Waals surface area (Å²) in [7, 11) is 0. The molecule has 1 aromatic carbocycles. The summed E-state index contributed by atoms with van der Waals surface area (Å²) in [5.74, 6) is -0.755. The molecule has 2 nitrogen and oxygen atoms in total. The second-order valence-corrected chi connectivity index (χ2v) is 5.08. The first-order chi connectivity index (χ1) is 7.37. The second-order valence-electron chi connectivity index (χ2n) is 3.99. The van der Waals surface area contributed by atoms with Gasteiger partial charge in [0.15, 0.2) is 16.4 Å². The van der Waals surface area contributed by atoms with Gasteiger partial charge in [0.2, 0.25) is 0 Å². The van der Waals surface area contributed by atoms with Crippen molar-refractivity contribution in [1.29, 1.82) is 0 Å². The van der Waals surface area contributed by atoms with Crippen molar-refractivity contribution in [2.45, 2.75) is 18.7 Å². The highest BCUT2D eigenvalue weighted by atomic mass is 35.5. The van der Waals surface area contributed by atoms with Crippen molar-refractivity contribution >= 4 is 34.8 Å². The lowest BCUT2D eigenvalue weighted by Crippen LogP contribution is -2.37. The van der Waals surface area contributed by atoms with E-state index in [1.165, 1.54) is 13.8 Å². The lowest BCUT2D eigenvalue weighted by atomic mass is 9.81. The van der Waals surface area contributed by atoms with Gasteiger partial charge in [-0.3, -0.25) is 9.59 Å². The van der Waals surface area contributed by atoms with Crippen molar-refractivity contribution in [2.24, 2.45) is 5.41 Å². The van der Waals surface area contributed by atoms with Crippen LogP contribution in [0.25, 0.3) is 0 Å². The van der Waals surface area contributed by atoms with Gasteiger partial charge in [0, 0.05) is 5.56 Å². The van der Waals surface area contributed by atoms with Crippen LogP contribution in [0, 0.1) is 5.41 Å². The molecule has 1 rings (SSSR count). The van der Waals surface area contributed by atoms with Crippen LogP contribution in [-0.2, 0) is 4.79 Å². The highest BCUT2D eigenvalue weighted by molar-refractivity contribution is 6.55. The largest absolute Gasteiger partial charge is 0.296 e. The van der Waals surface area contributed by atoms with Crippen LogP contribution in [0.1, 0.15) is 24.2 Å². The maximum Gasteiger partial charge on any atom is 0.178 e. The normalized spacial score (nSPS) is 11.6. The van der Waals surface area contributed by atoms with Gasteiger partial charge in [0.1, 0.15) is 0 Å². The molecular weight excluding hydrogens is 247 g/mol. The van der Waals surface area contributed by atoms with E-state index in [2.05, 4.69) is 0 Å². The molecule has 86 valence electrons. The molecule has 0 saturated heterocycles. The van der Waals surface area contributed by atoms with Crippen LogP contribution in [0.15, 0.2) is 30.3 Å². The molecule has 0 spiro atoms. The zero-order chi connectivity index (χ0) is 12.3. The van der Waals surface area contributed by atoms with Gasteiger partial charge in [0.05, 0.1) is 5.41 Å². The minimum Gasteiger partial charge on any atom is -0.296 e. The standard InChI is InChI=1S/C12H12Cl2O2/c1-12(2,10(16)11(13)14)9(15)8-6-4-3-5-7-8/h3-7,11H,1-2H3. The Labute approximate surface area is 105 Å². The van der Waals surface area contributed by atoms with Crippen molar-refractivity contribution in [2.75, 3.05) is 0 Å². The summed E-state index contributed by atoms with van der Waals surface area (Å²) >= 11 is 11.0. The molecule has 0 aliphatic heterocycles. The Hall–Kier alpha value is -0.860. The fraction of sp³-hybridized carbons (Fsp3) is 0.333. The van der Waals surface area contributed by atoms with Gasteiger partial charge in [-0.05, 0) is 13.8 Å². The highest BCUT2D eigenvalue weighted by Gasteiger charge is 2.39. The summed E-state index contributed by atoms with van der Waals surface area (Å²) in [4.78, 5) is 22.6. The maximum absolute atomic E-state index is 12.1. The van der Waals surface area contributed by atoms with Crippen molar-refractivity contribution < 1.29 is 9.59 Å². The molecule has 16 heavy (non-hydrogen) atoms. The Morgan fingerprint density at radius 3 is 2.06 bits per heavy atom. The van der Waals surface area contributed by atoms with Gasteiger partial charge in [-0.25, -0.2) is 0 Å². The molecule has 0 aliphatic carbocycles. The van der Waals surface area contributed by atoms with Crippen LogP contribution in [0.4, 0.5) is 0 Å². The number of carbonyl (C=O) groups excluding carboxylic acids is 2. The molecule has 4 heteroatoms. The third-order valence-corrected chi connectivity index (χ3v) is 2.81. The molecule has 1 aromatic rings. The summed E-state index contributed by atoms with van der Waals surface area (Å²) in [6.07, 6.45) is 0. The van der Waals surface area contributed by atoms with E-state index in [-0.39, 0.29) is 5.78 Å². The quantitative estimate of drug-likeness (QED) is 0.472. The van der Waals surface area contributed by atoms with Crippen LogP contribution in [0.3, 0.4) is 0 Å². The minimum absolute atomic E-state index is 0.274.